The van der Waals surface area contributed by atoms with Crippen molar-refractivity contribution < 1.29 is 19.1 Å². The first-order valence-electron chi connectivity index (χ1n) is 4.78. The molecule has 1 fully saturated rings. The van der Waals surface area contributed by atoms with Crippen molar-refractivity contribution in [1.29, 1.82) is 0 Å². The standard InChI is InChI=1S/C9H13ClN2O4/c1-5(10)8(14)12-4-6(9(15)16-2)3-7(13)11-12/h5-6H,3-4H2,1-2H3,(H,11,13). The second kappa shape index (κ2) is 5.16. The fraction of sp³-hybridized carbons (Fsp3) is 0.667. The second-order valence-corrected chi connectivity index (χ2v) is 4.18. The average molecular weight is 249 g/mol. The van der Waals surface area contributed by atoms with E-state index in [1.807, 2.05) is 0 Å². The smallest absolute Gasteiger partial charge is 0.311 e. The van der Waals surface area contributed by atoms with Crippen LogP contribution in [-0.4, -0.2) is 41.8 Å². The van der Waals surface area contributed by atoms with Gasteiger partial charge in [0.1, 0.15) is 5.38 Å². The quantitative estimate of drug-likeness (QED) is 0.536. The fourth-order valence-corrected chi connectivity index (χ4v) is 1.55. The van der Waals surface area contributed by atoms with Crippen LogP contribution in [0.5, 0.6) is 0 Å². The zero-order chi connectivity index (χ0) is 12.3. The summed E-state index contributed by atoms with van der Waals surface area (Å²) >= 11 is 5.61. The monoisotopic (exact) mass is 248 g/mol. The number of rotatable bonds is 2. The Morgan fingerprint density at radius 1 is 1.62 bits per heavy atom. The van der Waals surface area contributed by atoms with Crippen molar-refractivity contribution in [2.75, 3.05) is 13.7 Å². The number of nitrogens with zero attached hydrogens (tertiary/aromatic N) is 1. The molecule has 1 aliphatic rings. The Hall–Kier alpha value is -1.30. The zero-order valence-corrected chi connectivity index (χ0v) is 9.78. The van der Waals surface area contributed by atoms with Gasteiger partial charge in [-0.05, 0) is 6.92 Å². The third-order valence-electron chi connectivity index (χ3n) is 2.24. The molecule has 16 heavy (non-hydrogen) atoms. The van der Waals surface area contributed by atoms with Gasteiger partial charge in [0.15, 0.2) is 0 Å². The summed E-state index contributed by atoms with van der Waals surface area (Å²) in [6.07, 6.45) is 0.0210. The highest BCUT2D eigenvalue weighted by atomic mass is 35.5. The Balaban J connectivity index is 2.71. The molecule has 90 valence electrons. The molecule has 1 heterocycles. The summed E-state index contributed by atoms with van der Waals surface area (Å²) in [6.45, 7) is 1.59. The number of amides is 2. The molecule has 2 atom stereocenters. The van der Waals surface area contributed by atoms with Crippen LogP contribution in [0.15, 0.2) is 0 Å². The molecule has 0 aromatic heterocycles. The van der Waals surface area contributed by atoms with E-state index >= 15 is 0 Å². The molecule has 1 N–H and O–H groups in total. The first-order chi connectivity index (χ1) is 7.45. The summed E-state index contributed by atoms with van der Waals surface area (Å²) in [5.74, 6) is -1.97. The Labute approximate surface area is 97.8 Å². The molecule has 0 radical (unpaired) electrons. The lowest BCUT2D eigenvalue weighted by molar-refractivity contribution is -0.156. The first-order valence-corrected chi connectivity index (χ1v) is 5.22. The van der Waals surface area contributed by atoms with Crippen LogP contribution in [0.2, 0.25) is 0 Å². The van der Waals surface area contributed by atoms with Gasteiger partial charge in [-0.2, -0.15) is 0 Å². The van der Waals surface area contributed by atoms with Crippen LogP contribution in [0.3, 0.4) is 0 Å². The summed E-state index contributed by atoms with van der Waals surface area (Å²) in [7, 11) is 1.24. The number of carbonyl (C=O) groups excluding carboxylic acids is 3. The van der Waals surface area contributed by atoms with Crippen LogP contribution in [0, 0.1) is 5.92 Å². The van der Waals surface area contributed by atoms with Gasteiger partial charge in [0.05, 0.1) is 19.6 Å². The maximum Gasteiger partial charge on any atom is 0.311 e. The molecule has 2 amide bonds. The number of nitrogens with one attached hydrogen (secondary N) is 1. The lowest BCUT2D eigenvalue weighted by atomic mass is 10.0. The van der Waals surface area contributed by atoms with Gasteiger partial charge in [0.2, 0.25) is 5.91 Å². The largest absolute Gasteiger partial charge is 0.469 e. The lowest BCUT2D eigenvalue weighted by Gasteiger charge is -2.31. The predicted molar refractivity (Wildman–Crippen MR) is 55.3 cm³/mol. The van der Waals surface area contributed by atoms with E-state index in [0.29, 0.717) is 0 Å². The number of alkyl halides is 1. The van der Waals surface area contributed by atoms with Crippen molar-refractivity contribution in [2.24, 2.45) is 5.92 Å². The van der Waals surface area contributed by atoms with Crippen LogP contribution in [0.1, 0.15) is 13.3 Å². The molecule has 0 aliphatic carbocycles. The highest BCUT2D eigenvalue weighted by Gasteiger charge is 2.34. The van der Waals surface area contributed by atoms with Crippen molar-refractivity contribution in [3.8, 4) is 0 Å². The van der Waals surface area contributed by atoms with E-state index in [4.69, 9.17) is 11.6 Å². The molecule has 1 aliphatic heterocycles. The Bertz CT molecular complexity index is 319. The number of esters is 1. The van der Waals surface area contributed by atoms with Crippen molar-refractivity contribution in [2.45, 2.75) is 18.7 Å². The van der Waals surface area contributed by atoms with Gasteiger partial charge in [0.25, 0.3) is 5.91 Å². The molecule has 0 spiro atoms. The van der Waals surface area contributed by atoms with Gasteiger partial charge in [-0.15, -0.1) is 11.6 Å². The van der Waals surface area contributed by atoms with Gasteiger partial charge in [0, 0.05) is 6.42 Å². The number of halogens is 1. The van der Waals surface area contributed by atoms with Crippen LogP contribution < -0.4 is 5.43 Å². The Kier molecular flexibility index (Phi) is 4.12. The molecule has 1 rings (SSSR count). The third-order valence-corrected chi connectivity index (χ3v) is 2.42. The number of hydrogen-bond acceptors (Lipinski definition) is 4. The normalized spacial score (nSPS) is 22.3. The van der Waals surface area contributed by atoms with E-state index in [1.54, 1.807) is 0 Å². The van der Waals surface area contributed by atoms with Crippen molar-refractivity contribution in [1.82, 2.24) is 10.4 Å². The van der Waals surface area contributed by atoms with Gasteiger partial charge in [-0.25, -0.2) is 0 Å². The van der Waals surface area contributed by atoms with Gasteiger partial charge in [-0.1, -0.05) is 0 Å². The lowest BCUT2D eigenvalue weighted by Crippen LogP contribution is -2.56. The highest BCUT2D eigenvalue weighted by Crippen LogP contribution is 2.14. The molecule has 0 bridgehead atoms. The first kappa shape index (κ1) is 12.8. The van der Waals surface area contributed by atoms with Crippen LogP contribution >= 0.6 is 11.6 Å². The van der Waals surface area contributed by atoms with Gasteiger partial charge in [-0.3, -0.25) is 24.8 Å². The predicted octanol–water partition coefficient (Wildman–Crippen LogP) is -0.334. The van der Waals surface area contributed by atoms with E-state index in [1.165, 1.54) is 14.0 Å². The Morgan fingerprint density at radius 3 is 2.75 bits per heavy atom. The highest BCUT2D eigenvalue weighted by molar-refractivity contribution is 6.30. The van der Waals surface area contributed by atoms with Gasteiger partial charge < -0.3 is 4.74 Å². The molecular formula is C9H13ClN2O4. The van der Waals surface area contributed by atoms with E-state index in [0.717, 1.165) is 5.01 Å². The number of hydrogen-bond donors (Lipinski definition) is 1. The molecule has 0 aromatic rings. The van der Waals surface area contributed by atoms with E-state index in [2.05, 4.69) is 10.2 Å². The molecule has 0 saturated carbocycles. The van der Waals surface area contributed by atoms with Crippen molar-refractivity contribution in [3.05, 3.63) is 0 Å². The van der Waals surface area contributed by atoms with Crippen LogP contribution in [0.4, 0.5) is 0 Å². The topological polar surface area (TPSA) is 75.7 Å². The SMILES string of the molecule is COC(=O)C1CC(=O)NN(C(=O)C(C)Cl)C1. The van der Waals surface area contributed by atoms with Crippen molar-refractivity contribution in [3.63, 3.8) is 0 Å². The average Bonchev–Trinajstić information content (AvgIpc) is 2.25. The summed E-state index contributed by atoms with van der Waals surface area (Å²) in [5.41, 5.74) is 2.36. The molecule has 1 saturated heterocycles. The molecule has 6 nitrogen and oxygen atoms in total. The van der Waals surface area contributed by atoms with Crippen LogP contribution in [-0.2, 0) is 19.1 Å². The van der Waals surface area contributed by atoms with E-state index in [-0.39, 0.29) is 13.0 Å². The summed E-state index contributed by atoms with van der Waals surface area (Å²) < 4.78 is 4.54. The van der Waals surface area contributed by atoms with Crippen molar-refractivity contribution >= 4 is 29.4 Å². The summed E-state index contributed by atoms with van der Waals surface area (Å²) in [6, 6.07) is 0. The third kappa shape index (κ3) is 2.85. The number of hydrazine groups is 1. The second-order valence-electron chi connectivity index (χ2n) is 3.52. The number of methoxy groups -OCH3 is 1. The molecular weight excluding hydrogens is 236 g/mol. The zero-order valence-electron chi connectivity index (χ0n) is 9.03. The minimum atomic E-state index is -0.753. The van der Waals surface area contributed by atoms with Crippen LogP contribution in [0.25, 0.3) is 0 Å². The minimum absolute atomic E-state index is 0.0210. The molecule has 2 unspecified atom stereocenters. The van der Waals surface area contributed by atoms with Gasteiger partial charge >= 0.3 is 5.97 Å². The maximum atomic E-state index is 11.5. The van der Waals surface area contributed by atoms with E-state index < -0.39 is 29.1 Å². The number of ether oxygens (including phenoxy) is 1. The Morgan fingerprint density at radius 2 is 2.25 bits per heavy atom. The minimum Gasteiger partial charge on any atom is -0.469 e. The fourth-order valence-electron chi connectivity index (χ4n) is 1.43. The summed E-state index contributed by atoms with van der Waals surface area (Å²) in [5, 5.41) is 0.308. The maximum absolute atomic E-state index is 11.5. The summed E-state index contributed by atoms with van der Waals surface area (Å²) in [4.78, 5) is 34.1. The molecule has 0 aromatic carbocycles. The molecule has 7 heteroatoms. The number of carbonyl (C=O) groups is 3. The van der Waals surface area contributed by atoms with E-state index in [9.17, 15) is 14.4 Å².